The van der Waals surface area contributed by atoms with Crippen LogP contribution in [0, 0.1) is 5.92 Å². The molecule has 0 aromatic heterocycles. The Morgan fingerprint density at radius 3 is 2.50 bits per heavy atom. The van der Waals surface area contributed by atoms with E-state index >= 15 is 0 Å². The zero-order valence-corrected chi connectivity index (χ0v) is 11.0. The van der Waals surface area contributed by atoms with E-state index in [-0.39, 0.29) is 5.25 Å². The molecule has 0 radical (unpaired) electrons. The molecule has 16 heavy (non-hydrogen) atoms. The van der Waals surface area contributed by atoms with E-state index in [1.807, 2.05) is 0 Å². The van der Waals surface area contributed by atoms with Crippen molar-refractivity contribution in [3.63, 3.8) is 0 Å². The lowest BCUT2D eigenvalue weighted by Crippen LogP contribution is -2.37. The minimum Gasteiger partial charge on any atom is -0.480 e. The highest BCUT2D eigenvalue weighted by molar-refractivity contribution is 7.87. The van der Waals surface area contributed by atoms with Gasteiger partial charge in [0.25, 0.3) is 0 Å². The summed E-state index contributed by atoms with van der Waals surface area (Å²) >= 11 is 0. The van der Waals surface area contributed by atoms with Gasteiger partial charge in [-0.25, -0.2) is 0 Å². The van der Waals surface area contributed by atoms with Crippen molar-refractivity contribution in [1.82, 2.24) is 0 Å². The molecular weight excluding hydrogens is 224 g/mol. The molecule has 0 saturated heterocycles. The minimum atomic E-state index is -1.20. The molecule has 1 saturated carbocycles. The molecular formula is C12H22O3S. The van der Waals surface area contributed by atoms with Crippen molar-refractivity contribution in [2.75, 3.05) is 0 Å². The Kier molecular flexibility index (Phi) is 5.46. The van der Waals surface area contributed by atoms with Gasteiger partial charge >= 0.3 is 5.97 Å². The summed E-state index contributed by atoms with van der Waals surface area (Å²) in [6.45, 7) is 3.92. The summed E-state index contributed by atoms with van der Waals surface area (Å²) in [6, 6.07) is 0. The van der Waals surface area contributed by atoms with E-state index in [1.54, 1.807) is 6.92 Å². The Balaban J connectivity index is 2.73. The predicted molar refractivity (Wildman–Crippen MR) is 65.9 cm³/mol. The van der Waals surface area contributed by atoms with Crippen LogP contribution in [0.1, 0.15) is 52.4 Å². The third kappa shape index (κ3) is 3.06. The standard InChI is InChI=1S/C12H22O3S/c1-3-9-7-5-6-8-11(9)16(15)10(4-2)12(13)14/h9-11H,3-8H2,1-2H3,(H,13,14). The third-order valence-electron chi connectivity index (χ3n) is 3.59. The van der Waals surface area contributed by atoms with Crippen LogP contribution in [0.5, 0.6) is 0 Å². The number of carboxylic acid groups (broad SMARTS) is 1. The van der Waals surface area contributed by atoms with Gasteiger partial charge in [-0.15, -0.1) is 0 Å². The van der Waals surface area contributed by atoms with Crippen LogP contribution in [-0.2, 0) is 15.6 Å². The minimum absolute atomic E-state index is 0.111. The van der Waals surface area contributed by atoms with E-state index in [9.17, 15) is 9.00 Å². The van der Waals surface area contributed by atoms with E-state index in [2.05, 4.69) is 6.92 Å². The summed E-state index contributed by atoms with van der Waals surface area (Å²) in [5.74, 6) is -0.441. The summed E-state index contributed by atoms with van der Waals surface area (Å²) in [7, 11) is -1.20. The molecule has 1 N–H and O–H groups in total. The van der Waals surface area contributed by atoms with E-state index in [1.165, 1.54) is 6.42 Å². The molecule has 4 heteroatoms. The summed E-state index contributed by atoms with van der Waals surface area (Å²) in [6.07, 6.45) is 5.85. The molecule has 1 fully saturated rings. The van der Waals surface area contributed by atoms with Gasteiger partial charge in [-0.3, -0.25) is 9.00 Å². The SMILES string of the molecule is CCC1CCCCC1S(=O)C(CC)C(=O)O. The van der Waals surface area contributed by atoms with Gasteiger partial charge in [0.15, 0.2) is 0 Å². The zero-order valence-electron chi connectivity index (χ0n) is 10.1. The number of carboxylic acids is 1. The van der Waals surface area contributed by atoms with Crippen LogP contribution in [0.3, 0.4) is 0 Å². The van der Waals surface area contributed by atoms with Crippen molar-refractivity contribution in [2.45, 2.75) is 62.9 Å². The molecule has 4 atom stereocenters. The molecule has 0 aromatic carbocycles. The highest BCUT2D eigenvalue weighted by Gasteiger charge is 2.34. The molecule has 0 bridgehead atoms. The summed E-state index contributed by atoms with van der Waals surface area (Å²) in [5.41, 5.74) is 0. The maximum Gasteiger partial charge on any atom is 0.319 e. The molecule has 0 spiro atoms. The van der Waals surface area contributed by atoms with E-state index in [0.717, 1.165) is 25.7 Å². The van der Waals surface area contributed by atoms with Crippen LogP contribution < -0.4 is 0 Å². The van der Waals surface area contributed by atoms with Crippen molar-refractivity contribution >= 4 is 16.8 Å². The topological polar surface area (TPSA) is 54.4 Å². The largest absolute Gasteiger partial charge is 0.480 e. The van der Waals surface area contributed by atoms with Gasteiger partial charge < -0.3 is 5.11 Å². The fourth-order valence-corrected chi connectivity index (χ4v) is 4.65. The van der Waals surface area contributed by atoms with Gasteiger partial charge in [0.1, 0.15) is 5.25 Å². The molecule has 0 aromatic rings. The molecule has 1 aliphatic rings. The first-order chi connectivity index (χ1) is 7.61. The molecule has 1 rings (SSSR count). The number of hydrogen-bond donors (Lipinski definition) is 1. The van der Waals surface area contributed by atoms with E-state index < -0.39 is 22.0 Å². The highest BCUT2D eigenvalue weighted by Crippen LogP contribution is 2.32. The van der Waals surface area contributed by atoms with Crippen LogP contribution in [-0.4, -0.2) is 25.8 Å². The second-order valence-electron chi connectivity index (χ2n) is 4.55. The number of hydrogen-bond acceptors (Lipinski definition) is 2. The lowest BCUT2D eigenvalue weighted by atomic mass is 9.87. The van der Waals surface area contributed by atoms with Crippen molar-refractivity contribution in [1.29, 1.82) is 0 Å². The van der Waals surface area contributed by atoms with Gasteiger partial charge in [0.2, 0.25) is 0 Å². The fraction of sp³-hybridized carbons (Fsp3) is 0.917. The lowest BCUT2D eigenvalue weighted by Gasteiger charge is -2.31. The maximum absolute atomic E-state index is 12.3. The van der Waals surface area contributed by atoms with Gasteiger partial charge in [0.05, 0.1) is 0 Å². The van der Waals surface area contributed by atoms with Crippen LogP contribution in [0.4, 0.5) is 0 Å². The second-order valence-corrected chi connectivity index (χ2v) is 6.39. The van der Waals surface area contributed by atoms with Gasteiger partial charge in [0, 0.05) is 16.0 Å². The van der Waals surface area contributed by atoms with Crippen LogP contribution in [0.15, 0.2) is 0 Å². The average Bonchev–Trinajstić information content (AvgIpc) is 2.29. The van der Waals surface area contributed by atoms with Crippen molar-refractivity contribution < 1.29 is 14.1 Å². The van der Waals surface area contributed by atoms with E-state index in [4.69, 9.17) is 5.11 Å². The Morgan fingerprint density at radius 2 is 2.00 bits per heavy atom. The number of rotatable bonds is 5. The summed E-state index contributed by atoms with van der Waals surface area (Å²) in [4.78, 5) is 11.0. The Morgan fingerprint density at radius 1 is 1.38 bits per heavy atom. The van der Waals surface area contributed by atoms with Gasteiger partial charge in [-0.1, -0.05) is 33.1 Å². The first-order valence-corrected chi connectivity index (χ1v) is 7.51. The van der Waals surface area contributed by atoms with Crippen molar-refractivity contribution in [3.8, 4) is 0 Å². The van der Waals surface area contributed by atoms with Crippen molar-refractivity contribution in [3.05, 3.63) is 0 Å². The van der Waals surface area contributed by atoms with Crippen LogP contribution in [0.2, 0.25) is 0 Å². The average molecular weight is 246 g/mol. The monoisotopic (exact) mass is 246 g/mol. The molecule has 0 aliphatic heterocycles. The molecule has 0 amide bonds. The number of carbonyl (C=O) groups is 1. The van der Waals surface area contributed by atoms with Crippen molar-refractivity contribution in [2.24, 2.45) is 5.92 Å². The quantitative estimate of drug-likeness (QED) is 0.811. The molecule has 3 nitrogen and oxygen atoms in total. The van der Waals surface area contributed by atoms with Gasteiger partial charge in [-0.05, 0) is 25.2 Å². The smallest absolute Gasteiger partial charge is 0.319 e. The van der Waals surface area contributed by atoms with Crippen LogP contribution in [0.25, 0.3) is 0 Å². The zero-order chi connectivity index (χ0) is 12.1. The Labute approximate surface area is 100 Å². The maximum atomic E-state index is 12.3. The summed E-state index contributed by atoms with van der Waals surface area (Å²) < 4.78 is 12.3. The van der Waals surface area contributed by atoms with Crippen LogP contribution >= 0.6 is 0 Å². The summed E-state index contributed by atoms with van der Waals surface area (Å²) in [5, 5.41) is 8.48. The predicted octanol–water partition coefficient (Wildman–Crippen LogP) is 2.57. The molecule has 1 aliphatic carbocycles. The molecule has 0 heterocycles. The number of aliphatic carboxylic acids is 1. The Hall–Kier alpha value is -0.380. The Bertz CT molecular complexity index is 265. The molecule has 4 unspecified atom stereocenters. The molecule has 94 valence electrons. The highest BCUT2D eigenvalue weighted by atomic mass is 32.2. The second kappa shape index (κ2) is 6.38. The van der Waals surface area contributed by atoms with E-state index in [0.29, 0.717) is 12.3 Å². The first kappa shape index (κ1) is 13.7. The normalized spacial score (nSPS) is 29.6. The fourth-order valence-electron chi connectivity index (χ4n) is 2.60. The first-order valence-electron chi connectivity index (χ1n) is 6.24. The lowest BCUT2D eigenvalue weighted by molar-refractivity contribution is -0.136. The van der Waals surface area contributed by atoms with Gasteiger partial charge in [-0.2, -0.15) is 0 Å². The third-order valence-corrected chi connectivity index (χ3v) is 5.90.